The van der Waals surface area contributed by atoms with Crippen LogP contribution in [0.3, 0.4) is 0 Å². The molecule has 1 unspecified atom stereocenters. The van der Waals surface area contributed by atoms with Gasteiger partial charge in [-0.25, -0.2) is 4.98 Å². The Hall–Kier alpha value is -3.25. The Morgan fingerprint density at radius 1 is 0.970 bits per heavy atom. The molecule has 1 aromatic heterocycles. The van der Waals surface area contributed by atoms with Gasteiger partial charge < -0.3 is 21.1 Å². The summed E-state index contributed by atoms with van der Waals surface area (Å²) in [6.07, 6.45) is 1.85. The maximum absolute atomic E-state index is 12.3. The predicted molar refractivity (Wildman–Crippen MR) is 135 cm³/mol. The summed E-state index contributed by atoms with van der Waals surface area (Å²) < 4.78 is 0. The number of aliphatic hydroxyl groups is 1. The van der Waals surface area contributed by atoms with E-state index in [2.05, 4.69) is 10.3 Å². The van der Waals surface area contributed by atoms with Crippen LogP contribution in [-0.4, -0.2) is 28.7 Å². The third kappa shape index (κ3) is 3.78. The monoisotopic (exact) mass is 476 g/mol. The highest BCUT2D eigenvalue weighted by atomic mass is 35.5. The zero-order valence-electron chi connectivity index (χ0n) is 17.9. The summed E-state index contributed by atoms with van der Waals surface area (Å²) in [5, 5.41) is 17.6. The van der Waals surface area contributed by atoms with Crippen molar-refractivity contribution < 1.29 is 5.11 Å². The van der Waals surface area contributed by atoms with E-state index in [1.165, 1.54) is 0 Å². The van der Waals surface area contributed by atoms with Gasteiger partial charge in [0.2, 0.25) is 0 Å². The minimum absolute atomic E-state index is 0.417. The first-order valence-corrected chi connectivity index (χ1v) is 11.2. The molecule has 1 aliphatic rings. The molecule has 0 saturated carbocycles. The first-order chi connectivity index (χ1) is 15.9. The Morgan fingerprint density at radius 3 is 2.42 bits per heavy atom. The largest absolute Gasteiger partial charge is 0.384 e. The fourth-order valence-electron chi connectivity index (χ4n) is 4.37. The Kier molecular flexibility index (Phi) is 5.41. The van der Waals surface area contributed by atoms with Crippen LogP contribution in [0.5, 0.6) is 0 Å². The standard InChI is InChI=1S/C26H22Cl2N4O/c1-32-15-30-14-24(32)26(33,17-5-8-19(27)9-6-17)18-7-10-23-22(12-18)21(13-25(29)31-23)16-3-2-4-20(28)11-16/h2-14,30,33H,15H2,1H3,(H2,29,31). The van der Waals surface area contributed by atoms with E-state index in [1.807, 2.05) is 78.8 Å². The summed E-state index contributed by atoms with van der Waals surface area (Å²) in [5.41, 5.74) is 9.40. The van der Waals surface area contributed by atoms with Crippen molar-refractivity contribution >= 4 is 39.9 Å². The Labute approximate surface area is 202 Å². The number of nitrogens with two attached hydrogens (primary N) is 1. The smallest absolute Gasteiger partial charge is 0.156 e. The van der Waals surface area contributed by atoms with Crippen LogP contribution in [0.2, 0.25) is 10.0 Å². The normalized spacial score (nSPS) is 15.3. The molecule has 0 fully saturated rings. The van der Waals surface area contributed by atoms with Gasteiger partial charge in [-0.05, 0) is 64.7 Å². The number of benzene rings is 3. The van der Waals surface area contributed by atoms with Gasteiger partial charge in [0.05, 0.1) is 17.9 Å². The summed E-state index contributed by atoms with van der Waals surface area (Å²) in [5.74, 6) is 0.417. The molecule has 0 aliphatic carbocycles. The molecule has 3 aromatic carbocycles. The van der Waals surface area contributed by atoms with Gasteiger partial charge in [-0.1, -0.05) is 53.5 Å². The Morgan fingerprint density at radius 2 is 1.73 bits per heavy atom. The fraction of sp³-hybridized carbons (Fsp3) is 0.115. The van der Waals surface area contributed by atoms with E-state index >= 15 is 0 Å². The number of likely N-dealkylation sites (N-methyl/N-ethyl adjacent to an activating group) is 1. The third-order valence-corrected chi connectivity index (χ3v) is 6.48. The molecule has 0 amide bonds. The molecule has 1 atom stereocenters. The number of rotatable bonds is 4. The van der Waals surface area contributed by atoms with Gasteiger partial charge in [0.25, 0.3) is 0 Å². The van der Waals surface area contributed by atoms with Crippen molar-refractivity contribution in [1.82, 2.24) is 15.2 Å². The molecule has 4 aromatic rings. The van der Waals surface area contributed by atoms with Gasteiger partial charge in [-0.15, -0.1) is 0 Å². The van der Waals surface area contributed by atoms with Crippen molar-refractivity contribution in [2.45, 2.75) is 5.60 Å². The lowest BCUT2D eigenvalue weighted by atomic mass is 9.82. The van der Waals surface area contributed by atoms with Crippen molar-refractivity contribution in [3.8, 4) is 11.1 Å². The molecule has 7 heteroatoms. The average molecular weight is 477 g/mol. The van der Waals surface area contributed by atoms with Crippen LogP contribution in [-0.2, 0) is 5.60 Å². The van der Waals surface area contributed by atoms with E-state index in [-0.39, 0.29) is 0 Å². The maximum atomic E-state index is 12.3. The maximum Gasteiger partial charge on any atom is 0.156 e. The third-order valence-electron chi connectivity index (χ3n) is 5.99. The van der Waals surface area contributed by atoms with Gasteiger partial charge in [-0.2, -0.15) is 0 Å². The molecule has 0 bridgehead atoms. The second-order valence-electron chi connectivity index (χ2n) is 8.14. The zero-order chi connectivity index (χ0) is 23.2. The molecule has 0 radical (unpaired) electrons. The molecule has 5 nitrogen and oxygen atoms in total. The SMILES string of the molecule is CN1CNC=C1C(O)(c1ccc(Cl)cc1)c1ccc2nc(N)cc(-c3cccc(Cl)c3)c2c1. The number of nitrogens with zero attached hydrogens (tertiary/aromatic N) is 2. The number of nitrogen functional groups attached to an aromatic ring is 1. The molecule has 5 rings (SSSR count). The van der Waals surface area contributed by atoms with E-state index in [9.17, 15) is 5.11 Å². The quantitative estimate of drug-likeness (QED) is 0.369. The molecule has 4 N–H and O–H groups in total. The van der Waals surface area contributed by atoms with Crippen molar-refractivity contribution in [3.05, 3.63) is 106 Å². The van der Waals surface area contributed by atoms with Crippen LogP contribution < -0.4 is 11.1 Å². The number of hydrogen-bond donors (Lipinski definition) is 3. The van der Waals surface area contributed by atoms with Crippen LogP contribution in [0.1, 0.15) is 11.1 Å². The van der Waals surface area contributed by atoms with Crippen molar-refractivity contribution in [3.63, 3.8) is 0 Å². The number of halogens is 2. The average Bonchev–Trinajstić information content (AvgIpc) is 3.24. The first kappa shape index (κ1) is 21.6. The number of hydrogen-bond acceptors (Lipinski definition) is 5. The summed E-state index contributed by atoms with van der Waals surface area (Å²) in [4.78, 5) is 6.50. The summed E-state index contributed by atoms with van der Waals surface area (Å²) in [7, 11) is 1.94. The lowest BCUT2D eigenvalue weighted by molar-refractivity contribution is 0.0932. The van der Waals surface area contributed by atoms with Gasteiger partial charge in [0, 0.05) is 28.7 Å². The summed E-state index contributed by atoms with van der Waals surface area (Å²) in [6, 6.07) is 22.4. The molecule has 0 saturated heterocycles. The lowest BCUT2D eigenvalue weighted by Crippen LogP contribution is -2.36. The van der Waals surface area contributed by atoms with Gasteiger partial charge in [0.1, 0.15) is 5.82 Å². The van der Waals surface area contributed by atoms with Crippen LogP contribution in [0.25, 0.3) is 22.0 Å². The summed E-state index contributed by atoms with van der Waals surface area (Å²) >= 11 is 12.4. The summed E-state index contributed by atoms with van der Waals surface area (Å²) in [6.45, 7) is 0.602. The van der Waals surface area contributed by atoms with E-state index in [0.29, 0.717) is 33.7 Å². The second-order valence-corrected chi connectivity index (χ2v) is 9.02. The van der Waals surface area contributed by atoms with Crippen molar-refractivity contribution in [2.75, 3.05) is 19.5 Å². The number of fused-ring (bicyclic) bond motifs is 1. The van der Waals surface area contributed by atoms with E-state index in [0.717, 1.165) is 27.7 Å². The number of pyridine rings is 1. The minimum Gasteiger partial charge on any atom is -0.384 e. The number of aromatic nitrogens is 1. The van der Waals surface area contributed by atoms with Gasteiger partial charge in [0.15, 0.2) is 5.60 Å². The van der Waals surface area contributed by atoms with E-state index in [4.69, 9.17) is 28.9 Å². The highest BCUT2D eigenvalue weighted by Gasteiger charge is 2.40. The minimum atomic E-state index is -1.41. The van der Waals surface area contributed by atoms with Crippen LogP contribution >= 0.6 is 23.2 Å². The molecule has 33 heavy (non-hydrogen) atoms. The number of nitrogens with one attached hydrogen (secondary N) is 1. The Balaban J connectivity index is 1.77. The van der Waals surface area contributed by atoms with Crippen LogP contribution in [0, 0.1) is 0 Å². The van der Waals surface area contributed by atoms with Gasteiger partial charge >= 0.3 is 0 Å². The first-order valence-electron chi connectivity index (χ1n) is 10.5. The molecule has 166 valence electrons. The lowest BCUT2D eigenvalue weighted by Gasteiger charge is -2.34. The van der Waals surface area contributed by atoms with Crippen LogP contribution in [0.4, 0.5) is 5.82 Å². The van der Waals surface area contributed by atoms with Crippen molar-refractivity contribution in [1.29, 1.82) is 0 Å². The zero-order valence-corrected chi connectivity index (χ0v) is 19.4. The topological polar surface area (TPSA) is 74.4 Å². The molecule has 0 spiro atoms. The molecular weight excluding hydrogens is 455 g/mol. The van der Waals surface area contributed by atoms with Gasteiger partial charge in [-0.3, -0.25) is 0 Å². The molecule has 2 heterocycles. The predicted octanol–water partition coefficient (Wildman–Crippen LogP) is 5.36. The van der Waals surface area contributed by atoms with Crippen molar-refractivity contribution in [2.24, 2.45) is 0 Å². The Bertz CT molecular complexity index is 1390. The highest BCUT2D eigenvalue weighted by molar-refractivity contribution is 6.31. The van der Waals surface area contributed by atoms with Crippen LogP contribution in [0.15, 0.2) is 84.7 Å². The van der Waals surface area contributed by atoms with E-state index in [1.54, 1.807) is 12.1 Å². The highest BCUT2D eigenvalue weighted by Crippen LogP contribution is 2.41. The van der Waals surface area contributed by atoms with E-state index < -0.39 is 5.60 Å². The fourth-order valence-corrected chi connectivity index (χ4v) is 4.69. The number of anilines is 1. The second kappa shape index (κ2) is 8.27. The molecule has 1 aliphatic heterocycles. The molecular formula is C26H22Cl2N4O.